The largest absolute Gasteiger partial charge is 0.462 e. The van der Waals surface area contributed by atoms with Gasteiger partial charge in [-0.05, 0) is 96.3 Å². The van der Waals surface area contributed by atoms with Gasteiger partial charge in [0, 0.05) is 19.3 Å². The van der Waals surface area contributed by atoms with Gasteiger partial charge >= 0.3 is 17.9 Å². The van der Waals surface area contributed by atoms with Gasteiger partial charge in [0.15, 0.2) is 6.10 Å². The lowest BCUT2D eigenvalue weighted by Crippen LogP contribution is -2.30. The summed E-state index contributed by atoms with van der Waals surface area (Å²) in [4.78, 5) is 37.8. The molecule has 344 valence electrons. The molecule has 0 aliphatic rings. The molecule has 0 saturated heterocycles. The molecule has 6 nitrogen and oxygen atoms in total. The number of rotatable bonds is 44. The second-order valence-electron chi connectivity index (χ2n) is 16.3. The first-order chi connectivity index (χ1) is 29.5. The standard InChI is InChI=1S/C54H92O6/c1-4-7-10-13-16-19-21-23-25-26-27-28-29-31-32-35-38-41-44-47-53(56)59-50-51(49-58-52(55)46-43-40-37-34-18-15-12-9-6-3)60-54(57)48-45-42-39-36-33-30-24-22-20-17-14-11-8-5-2/h7-8,10-11,16-17,19-20,23,25,34,37,51H,4-6,9,12-15,18,21-22,24,26-33,35-36,38-50H2,1-3H3/b10-7-,11-8-,19-16-,20-17-,25-23-,37-34-. The lowest BCUT2D eigenvalue weighted by atomic mass is 10.1. The second-order valence-corrected chi connectivity index (χ2v) is 16.3. The van der Waals surface area contributed by atoms with Gasteiger partial charge in [0.2, 0.25) is 0 Å². The topological polar surface area (TPSA) is 78.9 Å². The van der Waals surface area contributed by atoms with Crippen molar-refractivity contribution in [3.05, 3.63) is 72.9 Å². The third-order valence-electron chi connectivity index (χ3n) is 10.4. The van der Waals surface area contributed by atoms with Crippen molar-refractivity contribution in [2.45, 2.75) is 239 Å². The number of carbonyl (C=O) groups is 3. The zero-order chi connectivity index (χ0) is 43.7. The quantitative estimate of drug-likeness (QED) is 0.0263. The second kappa shape index (κ2) is 48.5. The molecule has 0 N–H and O–H groups in total. The van der Waals surface area contributed by atoms with Gasteiger partial charge in [-0.3, -0.25) is 14.4 Å². The van der Waals surface area contributed by atoms with Crippen molar-refractivity contribution in [3.63, 3.8) is 0 Å². The maximum absolute atomic E-state index is 12.7. The van der Waals surface area contributed by atoms with Crippen LogP contribution in [0.4, 0.5) is 0 Å². The van der Waals surface area contributed by atoms with E-state index in [1.807, 2.05) is 0 Å². The zero-order valence-corrected chi connectivity index (χ0v) is 39.2. The van der Waals surface area contributed by atoms with E-state index in [4.69, 9.17) is 14.2 Å². The molecule has 0 amide bonds. The first-order valence-corrected chi connectivity index (χ1v) is 24.9. The summed E-state index contributed by atoms with van der Waals surface area (Å²) in [6, 6.07) is 0. The Kier molecular flexibility index (Phi) is 46.0. The molecule has 0 rings (SSSR count). The van der Waals surface area contributed by atoms with Crippen LogP contribution in [0.15, 0.2) is 72.9 Å². The molecular formula is C54H92O6. The Morgan fingerprint density at radius 2 is 0.667 bits per heavy atom. The molecule has 0 saturated carbocycles. The first kappa shape index (κ1) is 56.9. The highest BCUT2D eigenvalue weighted by Gasteiger charge is 2.19. The number of carbonyl (C=O) groups excluding carboxylic acids is 3. The minimum atomic E-state index is -0.790. The van der Waals surface area contributed by atoms with Gasteiger partial charge in [-0.15, -0.1) is 0 Å². The molecule has 0 aliphatic heterocycles. The van der Waals surface area contributed by atoms with Crippen LogP contribution < -0.4 is 0 Å². The van der Waals surface area contributed by atoms with Gasteiger partial charge in [-0.1, -0.05) is 190 Å². The third kappa shape index (κ3) is 45.9. The number of hydrogen-bond donors (Lipinski definition) is 0. The molecule has 0 bridgehead atoms. The van der Waals surface area contributed by atoms with Gasteiger partial charge in [-0.25, -0.2) is 0 Å². The molecule has 0 heterocycles. The molecule has 0 spiro atoms. The van der Waals surface area contributed by atoms with Crippen LogP contribution in [-0.2, 0) is 28.6 Å². The maximum Gasteiger partial charge on any atom is 0.306 e. The Bertz CT molecular complexity index is 1140. The van der Waals surface area contributed by atoms with Crippen molar-refractivity contribution in [2.24, 2.45) is 0 Å². The number of hydrogen-bond acceptors (Lipinski definition) is 6. The average molecular weight is 837 g/mol. The van der Waals surface area contributed by atoms with E-state index in [9.17, 15) is 14.4 Å². The predicted molar refractivity (Wildman–Crippen MR) is 256 cm³/mol. The fourth-order valence-corrected chi connectivity index (χ4v) is 6.73. The van der Waals surface area contributed by atoms with E-state index in [1.54, 1.807) is 0 Å². The molecule has 0 aromatic carbocycles. The zero-order valence-electron chi connectivity index (χ0n) is 39.2. The molecule has 0 fully saturated rings. The van der Waals surface area contributed by atoms with Gasteiger partial charge in [0.05, 0.1) is 0 Å². The summed E-state index contributed by atoms with van der Waals surface area (Å²) >= 11 is 0. The van der Waals surface area contributed by atoms with Crippen LogP contribution >= 0.6 is 0 Å². The summed E-state index contributed by atoms with van der Waals surface area (Å²) in [5.41, 5.74) is 0. The lowest BCUT2D eigenvalue weighted by Gasteiger charge is -2.18. The predicted octanol–water partition coefficient (Wildman–Crippen LogP) is 16.3. The van der Waals surface area contributed by atoms with E-state index in [0.717, 1.165) is 89.9 Å². The van der Waals surface area contributed by atoms with Crippen molar-refractivity contribution in [1.29, 1.82) is 0 Å². The normalized spacial score (nSPS) is 12.7. The highest BCUT2D eigenvalue weighted by molar-refractivity contribution is 5.71. The number of ether oxygens (including phenoxy) is 3. The van der Waals surface area contributed by atoms with E-state index in [2.05, 4.69) is 93.7 Å². The Morgan fingerprint density at radius 3 is 1.10 bits per heavy atom. The van der Waals surface area contributed by atoms with Crippen LogP contribution in [0.5, 0.6) is 0 Å². The van der Waals surface area contributed by atoms with Crippen LogP contribution in [0.2, 0.25) is 0 Å². The molecule has 1 atom stereocenters. The van der Waals surface area contributed by atoms with Gasteiger partial charge in [0.25, 0.3) is 0 Å². The van der Waals surface area contributed by atoms with E-state index in [-0.39, 0.29) is 31.1 Å². The maximum atomic E-state index is 12.7. The molecular weight excluding hydrogens is 745 g/mol. The van der Waals surface area contributed by atoms with Crippen molar-refractivity contribution < 1.29 is 28.6 Å². The third-order valence-corrected chi connectivity index (χ3v) is 10.4. The van der Waals surface area contributed by atoms with Crippen LogP contribution in [0, 0.1) is 0 Å². The highest BCUT2D eigenvalue weighted by atomic mass is 16.6. The van der Waals surface area contributed by atoms with Crippen LogP contribution in [0.25, 0.3) is 0 Å². The highest BCUT2D eigenvalue weighted by Crippen LogP contribution is 2.14. The van der Waals surface area contributed by atoms with Crippen molar-refractivity contribution in [3.8, 4) is 0 Å². The molecule has 60 heavy (non-hydrogen) atoms. The van der Waals surface area contributed by atoms with Crippen LogP contribution in [-0.4, -0.2) is 37.2 Å². The van der Waals surface area contributed by atoms with Crippen molar-refractivity contribution in [1.82, 2.24) is 0 Å². The van der Waals surface area contributed by atoms with E-state index >= 15 is 0 Å². The van der Waals surface area contributed by atoms with Crippen LogP contribution in [0.1, 0.15) is 233 Å². The molecule has 0 aromatic rings. The summed E-state index contributed by atoms with van der Waals surface area (Å²) in [5, 5.41) is 0. The minimum Gasteiger partial charge on any atom is -0.462 e. The first-order valence-electron chi connectivity index (χ1n) is 24.9. The molecule has 1 unspecified atom stereocenters. The van der Waals surface area contributed by atoms with E-state index in [0.29, 0.717) is 25.7 Å². The smallest absolute Gasteiger partial charge is 0.306 e. The average Bonchev–Trinajstić information content (AvgIpc) is 3.24. The summed E-state index contributed by atoms with van der Waals surface area (Å²) < 4.78 is 16.7. The van der Waals surface area contributed by atoms with E-state index < -0.39 is 6.10 Å². The SMILES string of the molecule is CC/C=C\C/C=C\C/C=C\CCCCCCCCCCCC(=O)OCC(COC(=O)CCC/C=C\CCCCCC)OC(=O)CCCCCCCCC/C=C\C/C=C\CC. The molecule has 0 aliphatic carbocycles. The molecule has 0 radical (unpaired) electrons. The Balaban J connectivity index is 4.33. The Hall–Kier alpha value is -3.15. The summed E-state index contributed by atoms with van der Waals surface area (Å²) in [6.45, 7) is 6.35. The van der Waals surface area contributed by atoms with Gasteiger partial charge in [-0.2, -0.15) is 0 Å². The lowest BCUT2D eigenvalue weighted by molar-refractivity contribution is -0.167. The van der Waals surface area contributed by atoms with Crippen molar-refractivity contribution >= 4 is 17.9 Å². The van der Waals surface area contributed by atoms with Crippen molar-refractivity contribution in [2.75, 3.05) is 13.2 Å². The number of esters is 3. The fraction of sp³-hybridized carbons (Fsp3) is 0.722. The van der Waals surface area contributed by atoms with Gasteiger partial charge < -0.3 is 14.2 Å². The van der Waals surface area contributed by atoms with Gasteiger partial charge in [0.1, 0.15) is 13.2 Å². The van der Waals surface area contributed by atoms with Crippen LogP contribution in [0.3, 0.4) is 0 Å². The van der Waals surface area contributed by atoms with E-state index in [1.165, 1.54) is 96.3 Å². The molecule has 0 aromatic heterocycles. The summed E-state index contributed by atoms with van der Waals surface area (Å²) in [5.74, 6) is -0.942. The Morgan fingerprint density at radius 1 is 0.350 bits per heavy atom. The number of allylic oxidation sites excluding steroid dienone is 12. The number of unbranched alkanes of at least 4 members (excludes halogenated alkanes) is 21. The minimum absolute atomic E-state index is 0.0902. The summed E-state index contributed by atoms with van der Waals surface area (Å²) in [7, 11) is 0. The molecule has 6 heteroatoms. The Labute approximate surface area is 370 Å². The monoisotopic (exact) mass is 837 g/mol. The summed E-state index contributed by atoms with van der Waals surface area (Å²) in [6.07, 6.45) is 60.4. The fourth-order valence-electron chi connectivity index (χ4n) is 6.73.